The van der Waals surface area contributed by atoms with Crippen LogP contribution >= 0.6 is 12.4 Å². The van der Waals surface area contributed by atoms with Crippen molar-refractivity contribution in [2.75, 3.05) is 6.54 Å². The maximum atomic E-state index is 10.0. The molecule has 0 aliphatic rings. The van der Waals surface area contributed by atoms with Crippen LogP contribution in [0.15, 0.2) is 0 Å². The smallest absolute Gasteiger partial charge is 0.303 e. The molecule has 2 N–H and O–H groups in total. The number of hydrogen-bond acceptors (Lipinski definition) is 2. The maximum absolute atomic E-state index is 10.0. The second-order valence-electron chi connectivity index (χ2n) is 2.61. The van der Waals surface area contributed by atoms with E-state index in [4.69, 9.17) is 5.11 Å². The zero-order chi connectivity index (χ0) is 7.98. The normalized spacial score (nSPS) is 9.36. The summed E-state index contributed by atoms with van der Waals surface area (Å²) in [5.74, 6) is -0.717. The van der Waals surface area contributed by atoms with Gasteiger partial charge in [-0.05, 0) is 13.0 Å². The molecule has 0 radical (unpaired) electrons. The Hall–Kier alpha value is -0.280. The third kappa shape index (κ3) is 12.8. The van der Waals surface area contributed by atoms with Crippen LogP contribution in [0.25, 0.3) is 0 Å². The lowest BCUT2D eigenvalue weighted by molar-refractivity contribution is -0.137. The summed E-state index contributed by atoms with van der Waals surface area (Å²) in [6, 6.07) is 0.453. The molecule has 4 heteroatoms. The van der Waals surface area contributed by atoms with E-state index in [1.54, 1.807) is 0 Å². The van der Waals surface area contributed by atoms with Gasteiger partial charge in [0.25, 0.3) is 0 Å². The third-order valence-electron chi connectivity index (χ3n) is 1.12. The first-order valence-corrected chi connectivity index (χ1v) is 3.58. The van der Waals surface area contributed by atoms with Crippen molar-refractivity contribution in [3.05, 3.63) is 0 Å². The third-order valence-corrected chi connectivity index (χ3v) is 1.12. The van der Waals surface area contributed by atoms with Crippen molar-refractivity contribution in [1.29, 1.82) is 0 Å². The van der Waals surface area contributed by atoms with Crippen molar-refractivity contribution in [3.8, 4) is 0 Å². The maximum Gasteiger partial charge on any atom is 0.303 e. The van der Waals surface area contributed by atoms with E-state index >= 15 is 0 Å². The summed E-state index contributed by atoms with van der Waals surface area (Å²) in [4.78, 5) is 10.0. The highest BCUT2D eigenvalue weighted by molar-refractivity contribution is 5.85. The predicted octanol–water partition coefficient (Wildman–Crippen LogP) is 1.27. The molecule has 0 saturated heterocycles. The van der Waals surface area contributed by atoms with Crippen LogP contribution < -0.4 is 5.32 Å². The van der Waals surface area contributed by atoms with Crippen molar-refractivity contribution < 1.29 is 9.90 Å². The molecule has 0 spiro atoms. The average Bonchev–Trinajstić information content (AvgIpc) is 1.79. The van der Waals surface area contributed by atoms with Gasteiger partial charge in [0.1, 0.15) is 0 Å². The van der Waals surface area contributed by atoms with E-state index in [1.165, 1.54) is 0 Å². The summed E-state index contributed by atoms with van der Waals surface area (Å²) in [6.07, 6.45) is 0.979. The molecule has 0 amide bonds. The highest BCUT2D eigenvalue weighted by Gasteiger charge is 1.96. The van der Waals surface area contributed by atoms with Crippen LogP contribution in [0.4, 0.5) is 0 Å². The Kier molecular flexibility index (Phi) is 9.47. The van der Waals surface area contributed by atoms with Crippen molar-refractivity contribution in [1.82, 2.24) is 5.32 Å². The Morgan fingerprint density at radius 2 is 2.09 bits per heavy atom. The SMILES string of the molecule is CC(C)NCCCC(=O)O.Cl. The minimum absolute atomic E-state index is 0. The van der Waals surface area contributed by atoms with Gasteiger partial charge >= 0.3 is 5.97 Å². The summed E-state index contributed by atoms with van der Waals surface area (Å²) in [7, 11) is 0. The van der Waals surface area contributed by atoms with Crippen LogP contribution in [0.2, 0.25) is 0 Å². The van der Waals surface area contributed by atoms with Crippen LogP contribution in [0, 0.1) is 0 Å². The Balaban J connectivity index is 0. The van der Waals surface area contributed by atoms with Crippen molar-refractivity contribution in [2.24, 2.45) is 0 Å². The van der Waals surface area contributed by atoms with E-state index in [9.17, 15) is 4.79 Å². The summed E-state index contributed by atoms with van der Waals surface area (Å²) < 4.78 is 0. The number of nitrogens with one attached hydrogen (secondary N) is 1. The predicted molar refractivity (Wildman–Crippen MR) is 47.3 cm³/mol. The lowest BCUT2D eigenvalue weighted by atomic mass is 10.3. The Morgan fingerprint density at radius 3 is 2.45 bits per heavy atom. The first-order valence-electron chi connectivity index (χ1n) is 3.58. The molecule has 3 nitrogen and oxygen atoms in total. The Morgan fingerprint density at radius 1 is 1.55 bits per heavy atom. The van der Waals surface area contributed by atoms with Gasteiger partial charge in [-0.2, -0.15) is 0 Å². The first-order chi connectivity index (χ1) is 4.63. The topological polar surface area (TPSA) is 49.3 Å². The van der Waals surface area contributed by atoms with Gasteiger partial charge in [-0.15, -0.1) is 12.4 Å². The molecule has 0 atom stereocenters. The molecule has 68 valence electrons. The van der Waals surface area contributed by atoms with E-state index in [-0.39, 0.29) is 18.8 Å². The first kappa shape index (κ1) is 13.3. The van der Waals surface area contributed by atoms with E-state index in [0.29, 0.717) is 12.5 Å². The number of rotatable bonds is 5. The zero-order valence-corrected chi connectivity index (χ0v) is 7.78. The highest BCUT2D eigenvalue weighted by atomic mass is 35.5. The molecule has 0 aromatic heterocycles. The van der Waals surface area contributed by atoms with E-state index in [1.807, 2.05) is 13.8 Å². The standard InChI is InChI=1S/C7H15NO2.ClH/c1-6(2)8-5-3-4-7(9)10;/h6,8H,3-5H2,1-2H3,(H,9,10);1H. The van der Waals surface area contributed by atoms with Gasteiger partial charge in [-0.25, -0.2) is 0 Å². The molecule has 0 bridgehead atoms. The van der Waals surface area contributed by atoms with Crippen LogP contribution in [0.3, 0.4) is 0 Å². The second kappa shape index (κ2) is 7.82. The van der Waals surface area contributed by atoms with Gasteiger partial charge in [0.15, 0.2) is 0 Å². The lowest BCUT2D eigenvalue weighted by Gasteiger charge is -2.05. The van der Waals surface area contributed by atoms with Gasteiger partial charge < -0.3 is 10.4 Å². The molecular formula is C7H16ClNO2. The monoisotopic (exact) mass is 181 g/mol. The fourth-order valence-corrected chi connectivity index (χ4v) is 0.630. The van der Waals surface area contributed by atoms with Gasteiger partial charge in [0, 0.05) is 12.5 Å². The van der Waals surface area contributed by atoms with Crippen molar-refractivity contribution in [3.63, 3.8) is 0 Å². The number of hydrogen-bond donors (Lipinski definition) is 2. The largest absolute Gasteiger partial charge is 0.481 e. The molecule has 0 saturated carbocycles. The summed E-state index contributed by atoms with van der Waals surface area (Å²) in [5, 5.41) is 11.4. The molecule has 0 aromatic carbocycles. The van der Waals surface area contributed by atoms with Gasteiger partial charge in [-0.3, -0.25) is 4.79 Å². The summed E-state index contributed by atoms with van der Waals surface area (Å²) in [6.45, 7) is 4.88. The van der Waals surface area contributed by atoms with Crippen LogP contribution in [-0.4, -0.2) is 23.7 Å². The van der Waals surface area contributed by atoms with Gasteiger partial charge in [-0.1, -0.05) is 13.8 Å². The van der Waals surface area contributed by atoms with E-state index in [0.717, 1.165) is 6.54 Å². The molecule has 0 heterocycles. The van der Waals surface area contributed by atoms with E-state index < -0.39 is 5.97 Å². The van der Waals surface area contributed by atoms with Crippen molar-refractivity contribution >= 4 is 18.4 Å². The Labute approximate surface area is 73.6 Å². The van der Waals surface area contributed by atoms with Gasteiger partial charge in [0.2, 0.25) is 0 Å². The van der Waals surface area contributed by atoms with Crippen LogP contribution in [0.5, 0.6) is 0 Å². The molecule has 11 heavy (non-hydrogen) atoms. The molecule has 0 fully saturated rings. The fraction of sp³-hybridized carbons (Fsp3) is 0.857. The number of aliphatic carboxylic acids is 1. The molecule has 0 rings (SSSR count). The molecular weight excluding hydrogens is 166 g/mol. The van der Waals surface area contributed by atoms with Crippen molar-refractivity contribution in [2.45, 2.75) is 32.7 Å². The van der Waals surface area contributed by atoms with E-state index in [2.05, 4.69) is 5.32 Å². The van der Waals surface area contributed by atoms with Crippen LogP contribution in [-0.2, 0) is 4.79 Å². The molecule has 0 aliphatic heterocycles. The van der Waals surface area contributed by atoms with Gasteiger partial charge in [0.05, 0.1) is 0 Å². The zero-order valence-electron chi connectivity index (χ0n) is 6.96. The Bertz CT molecular complexity index is 107. The average molecular weight is 182 g/mol. The summed E-state index contributed by atoms with van der Waals surface area (Å²) in [5.41, 5.74) is 0. The minimum atomic E-state index is -0.717. The molecule has 0 aromatic rings. The number of carbonyl (C=O) groups is 1. The summed E-state index contributed by atoms with van der Waals surface area (Å²) >= 11 is 0. The quantitative estimate of drug-likeness (QED) is 0.629. The fourth-order valence-electron chi connectivity index (χ4n) is 0.630. The second-order valence-corrected chi connectivity index (χ2v) is 2.61. The van der Waals surface area contributed by atoms with Crippen LogP contribution in [0.1, 0.15) is 26.7 Å². The minimum Gasteiger partial charge on any atom is -0.481 e. The lowest BCUT2D eigenvalue weighted by Crippen LogP contribution is -2.24. The number of carboxylic acids is 1. The highest BCUT2D eigenvalue weighted by Crippen LogP contribution is 1.86. The molecule has 0 aliphatic carbocycles. The number of halogens is 1. The number of carboxylic acid groups (broad SMARTS) is 1. The molecule has 0 unspecified atom stereocenters.